The van der Waals surface area contributed by atoms with Crippen molar-refractivity contribution in [3.05, 3.63) is 0 Å². The predicted molar refractivity (Wildman–Crippen MR) is 165 cm³/mol. The van der Waals surface area contributed by atoms with Crippen molar-refractivity contribution in [2.45, 2.75) is 59.3 Å². The topological polar surface area (TPSA) is 147 Å². The smallest absolute Gasteiger partial charge is 0.320 e. The van der Waals surface area contributed by atoms with E-state index in [0.29, 0.717) is 85.3 Å². The van der Waals surface area contributed by atoms with Gasteiger partial charge in [0.15, 0.2) is 0 Å². The molecule has 0 spiro atoms. The highest BCUT2D eigenvalue weighted by Gasteiger charge is 2.22. The fourth-order valence-electron chi connectivity index (χ4n) is 4.36. The zero-order valence-electron chi connectivity index (χ0n) is 27.0. The van der Waals surface area contributed by atoms with Crippen LogP contribution in [0.1, 0.15) is 59.3 Å². The maximum absolute atomic E-state index is 12.6. The maximum Gasteiger partial charge on any atom is 0.320 e. The molecule has 0 radical (unpaired) electrons. The van der Waals surface area contributed by atoms with Crippen molar-refractivity contribution in [1.29, 1.82) is 0 Å². The molecule has 0 aliphatic carbocycles. The van der Waals surface area contributed by atoms with Gasteiger partial charge in [-0.05, 0) is 19.3 Å². The lowest BCUT2D eigenvalue weighted by Gasteiger charge is -2.33. The Kier molecular flexibility index (Phi) is 22.5. The van der Waals surface area contributed by atoms with Gasteiger partial charge in [-0.25, -0.2) is 0 Å². The Morgan fingerprint density at radius 1 is 0.558 bits per heavy atom. The Morgan fingerprint density at radius 2 is 0.860 bits per heavy atom. The van der Waals surface area contributed by atoms with Crippen LogP contribution in [0.25, 0.3) is 0 Å². The second kappa shape index (κ2) is 25.1. The first-order chi connectivity index (χ1) is 20.8. The molecule has 1 amide bonds. The predicted octanol–water partition coefficient (Wildman–Crippen LogP) is 0.313. The third-order valence-corrected chi connectivity index (χ3v) is 7.10. The number of carbonyl (C=O) groups is 4. The molecule has 0 bridgehead atoms. The molecule has 1 aliphatic rings. The molecule has 250 valence electrons. The summed E-state index contributed by atoms with van der Waals surface area (Å²) in [5, 5.41) is 2.82. The normalized spacial score (nSPS) is 16.6. The number of hydrogen-bond donors (Lipinski definition) is 2. The van der Waals surface area contributed by atoms with Gasteiger partial charge in [0, 0.05) is 65.4 Å². The number of nitrogens with one attached hydrogen (secondary N) is 1. The van der Waals surface area contributed by atoms with Gasteiger partial charge in [-0.3, -0.25) is 38.8 Å². The summed E-state index contributed by atoms with van der Waals surface area (Å²) in [4.78, 5) is 58.4. The number of ether oxygens (including phenoxy) is 3. The van der Waals surface area contributed by atoms with Crippen molar-refractivity contribution < 1.29 is 33.4 Å². The molecule has 0 unspecified atom stereocenters. The lowest BCUT2D eigenvalue weighted by Crippen LogP contribution is -2.50. The molecule has 1 heterocycles. The van der Waals surface area contributed by atoms with Gasteiger partial charge >= 0.3 is 17.9 Å². The molecule has 1 rings (SSSR count). The van der Waals surface area contributed by atoms with Crippen molar-refractivity contribution in [1.82, 2.24) is 24.9 Å². The highest BCUT2D eigenvalue weighted by Crippen LogP contribution is 2.04. The Labute approximate surface area is 258 Å². The lowest BCUT2D eigenvalue weighted by molar-refractivity contribution is -0.147. The highest BCUT2D eigenvalue weighted by atomic mass is 16.5. The van der Waals surface area contributed by atoms with Crippen LogP contribution in [0.3, 0.4) is 0 Å². The van der Waals surface area contributed by atoms with Crippen LogP contribution in [0.2, 0.25) is 0 Å². The molecular formula is C30H58N6O7. The number of nitrogens with zero attached hydrogens (tertiary/aromatic N) is 4. The third-order valence-electron chi connectivity index (χ3n) is 7.10. The zero-order valence-corrected chi connectivity index (χ0v) is 27.0. The summed E-state index contributed by atoms with van der Waals surface area (Å²) >= 11 is 0. The van der Waals surface area contributed by atoms with Crippen LogP contribution in [-0.2, 0) is 33.4 Å². The largest absolute Gasteiger partial charge is 0.465 e. The Hall–Kier alpha value is -2.32. The minimum absolute atomic E-state index is 0.124. The number of rotatable bonds is 19. The third kappa shape index (κ3) is 20.3. The van der Waals surface area contributed by atoms with Crippen molar-refractivity contribution in [2.24, 2.45) is 5.73 Å². The lowest BCUT2D eigenvalue weighted by atomic mass is 10.3. The Balaban J connectivity index is 3.05. The van der Waals surface area contributed by atoms with Gasteiger partial charge in [-0.1, -0.05) is 40.0 Å². The standard InChI is InChI=1S/C30H58N6O7/c1-4-7-20-41-28(38)24-34-14-12-33(23-27(37)32-11-10-31)13-15-35(25-29(39)42-21-8-5-2)17-19-36(18-16-34)26-30(40)43-22-9-6-3/h4-26,31H2,1-3H3,(H,32,37). The van der Waals surface area contributed by atoms with Gasteiger partial charge in [0.1, 0.15) is 0 Å². The summed E-state index contributed by atoms with van der Waals surface area (Å²) in [6.07, 6.45) is 5.26. The molecule has 43 heavy (non-hydrogen) atoms. The molecule has 1 fully saturated rings. The van der Waals surface area contributed by atoms with E-state index in [-0.39, 0.29) is 50.0 Å². The Bertz CT molecular complexity index is 748. The van der Waals surface area contributed by atoms with Crippen LogP contribution < -0.4 is 11.1 Å². The Morgan fingerprint density at radius 3 is 1.14 bits per heavy atom. The quantitative estimate of drug-likeness (QED) is 0.117. The molecule has 13 heteroatoms. The van der Waals surface area contributed by atoms with Gasteiger partial charge in [-0.15, -0.1) is 0 Å². The van der Waals surface area contributed by atoms with E-state index in [4.69, 9.17) is 19.9 Å². The fraction of sp³-hybridized carbons (Fsp3) is 0.867. The minimum Gasteiger partial charge on any atom is -0.465 e. The van der Waals surface area contributed by atoms with Crippen LogP contribution in [0.15, 0.2) is 0 Å². The maximum atomic E-state index is 12.6. The minimum atomic E-state index is -0.286. The molecule has 0 aromatic carbocycles. The van der Waals surface area contributed by atoms with Gasteiger partial charge < -0.3 is 25.3 Å². The zero-order chi connectivity index (χ0) is 31.7. The van der Waals surface area contributed by atoms with E-state index in [1.807, 2.05) is 40.4 Å². The average molecular weight is 615 g/mol. The van der Waals surface area contributed by atoms with Gasteiger partial charge in [0.2, 0.25) is 5.91 Å². The van der Waals surface area contributed by atoms with Gasteiger partial charge in [-0.2, -0.15) is 0 Å². The SMILES string of the molecule is CCCCOC(=O)CN1CCN(CC(=O)NCCN)CCN(CC(=O)OCCCC)CCN(CC(=O)OCCCC)CC1. The van der Waals surface area contributed by atoms with E-state index in [1.54, 1.807) is 0 Å². The van der Waals surface area contributed by atoms with E-state index in [9.17, 15) is 19.2 Å². The van der Waals surface area contributed by atoms with Crippen LogP contribution >= 0.6 is 0 Å². The van der Waals surface area contributed by atoms with Crippen LogP contribution in [0.5, 0.6) is 0 Å². The molecule has 1 aliphatic heterocycles. The average Bonchev–Trinajstić information content (AvgIpc) is 2.97. The van der Waals surface area contributed by atoms with Crippen LogP contribution in [-0.4, -0.2) is 155 Å². The molecule has 0 atom stereocenters. The number of unbranched alkanes of at least 4 members (excludes halogenated alkanes) is 3. The first-order valence-corrected chi connectivity index (χ1v) is 16.1. The van der Waals surface area contributed by atoms with Gasteiger partial charge in [0.25, 0.3) is 0 Å². The number of hydrogen-bond acceptors (Lipinski definition) is 12. The molecule has 1 saturated heterocycles. The molecule has 0 aromatic rings. The van der Waals surface area contributed by atoms with Crippen LogP contribution in [0, 0.1) is 0 Å². The van der Waals surface area contributed by atoms with E-state index in [0.717, 1.165) is 38.5 Å². The van der Waals surface area contributed by atoms with E-state index < -0.39 is 0 Å². The first-order valence-electron chi connectivity index (χ1n) is 16.1. The number of nitrogens with two attached hydrogens (primary N) is 1. The summed E-state index contributed by atoms with van der Waals surface area (Å²) in [7, 11) is 0. The fourth-order valence-corrected chi connectivity index (χ4v) is 4.36. The van der Waals surface area contributed by atoms with Crippen molar-refractivity contribution in [3.63, 3.8) is 0 Å². The van der Waals surface area contributed by atoms with Crippen molar-refractivity contribution in [3.8, 4) is 0 Å². The number of amides is 1. The van der Waals surface area contributed by atoms with Crippen molar-refractivity contribution >= 4 is 23.8 Å². The summed E-state index contributed by atoms with van der Waals surface area (Å²) in [6.45, 7) is 12.8. The summed E-state index contributed by atoms with van der Waals surface area (Å²) in [6, 6.07) is 0. The second-order valence-corrected chi connectivity index (χ2v) is 11.0. The van der Waals surface area contributed by atoms with Crippen LogP contribution in [0.4, 0.5) is 0 Å². The highest BCUT2D eigenvalue weighted by molar-refractivity contribution is 5.78. The molecule has 3 N–H and O–H groups in total. The summed E-state index contributed by atoms with van der Waals surface area (Å²) < 4.78 is 16.3. The molecule has 0 saturated carbocycles. The van der Waals surface area contributed by atoms with E-state index in [1.165, 1.54) is 0 Å². The van der Waals surface area contributed by atoms with E-state index >= 15 is 0 Å². The summed E-state index contributed by atoms with van der Waals surface area (Å²) in [5.74, 6) is -0.982. The van der Waals surface area contributed by atoms with Gasteiger partial charge in [0.05, 0.1) is 46.0 Å². The molecular weight excluding hydrogens is 556 g/mol. The second-order valence-electron chi connectivity index (χ2n) is 11.0. The molecule has 0 aromatic heterocycles. The first kappa shape index (κ1) is 38.7. The summed E-state index contributed by atoms with van der Waals surface area (Å²) in [5.41, 5.74) is 5.55. The molecule has 13 nitrogen and oxygen atoms in total. The number of carbonyl (C=O) groups excluding carboxylic acids is 4. The van der Waals surface area contributed by atoms with E-state index in [2.05, 4.69) is 5.32 Å². The monoisotopic (exact) mass is 614 g/mol. The van der Waals surface area contributed by atoms with Crippen molar-refractivity contribution in [2.75, 3.05) is 111 Å². The number of esters is 3.